The molecule has 0 saturated carbocycles. The molecule has 3 heteroatoms. The first kappa shape index (κ1) is 13.2. The zero-order valence-electron chi connectivity index (χ0n) is 9.28. The molecule has 1 aromatic rings. The van der Waals surface area contributed by atoms with E-state index in [1.807, 2.05) is 19.1 Å². The van der Waals surface area contributed by atoms with Crippen molar-refractivity contribution in [3.05, 3.63) is 42.0 Å². The lowest BCUT2D eigenvalue weighted by Gasteiger charge is -1.91. The van der Waals surface area contributed by atoms with Crippen LogP contribution < -0.4 is 0 Å². The third-order valence-electron chi connectivity index (χ3n) is 1.54. The molecule has 15 heavy (non-hydrogen) atoms. The van der Waals surface area contributed by atoms with Crippen molar-refractivity contribution in [2.45, 2.75) is 13.8 Å². The van der Waals surface area contributed by atoms with Gasteiger partial charge in [-0.05, 0) is 31.5 Å². The zero-order chi connectivity index (χ0) is 11.8. The van der Waals surface area contributed by atoms with Crippen molar-refractivity contribution < 1.29 is 14.6 Å². The van der Waals surface area contributed by atoms with Crippen LogP contribution in [0.25, 0.3) is 0 Å². The van der Waals surface area contributed by atoms with Crippen LogP contribution >= 0.6 is 0 Å². The monoisotopic (exact) mass is 208 g/mol. The molecule has 1 N–H and O–H groups in total. The molecule has 0 amide bonds. The molecule has 0 aliphatic carbocycles. The normalized spacial score (nSPS) is 8.47. The van der Waals surface area contributed by atoms with E-state index in [4.69, 9.17) is 5.11 Å². The van der Waals surface area contributed by atoms with Gasteiger partial charge in [0.25, 0.3) is 0 Å². The van der Waals surface area contributed by atoms with Crippen molar-refractivity contribution in [2.75, 3.05) is 7.11 Å². The minimum Gasteiger partial charge on any atom is -0.508 e. The number of hydrogen-bond donors (Lipinski definition) is 1. The number of benzene rings is 1. The van der Waals surface area contributed by atoms with Crippen LogP contribution in [0.1, 0.15) is 12.5 Å². The number of aryl methyl sites for hydroxylation is 1. The number of methoxy groups -OCH3 is 1. The maximum Gasteiger partial charge on any atom is 0.332 e. The molecule has 1 aromatic carbocycles. The zero-order valence-corrected chi connectivity index (χ0v) is 9.28. The van der Waals surface area contributed by atoms with E-state index in [1.165, 1.54) is 7.11 Å². The summed E-state index contributed by atoms with van der Waals surface area (Å²) in [6, 6.07) is 7.15. The largest absolute Gasteiger partial charge is 0.508 e. The minimum absolute atomic E-state index is 0.338. The van der Waals surface area contributed by atoms with Crippen molar-refractivity contribution in [1.82, 2.24) is 0 Å². The van der Waals surface area contributed by atoms with E-state index >= 15 is 0 Å². The minimum atomic E-state index is -0.347. The topological polar surface area (TPSA) is 46.5 Å². The van der Waals surface area contributed by atoms with E-state index in [0.29, 0.717) is 11.3 Å². The molecular formula is C12H16O3. The molecule has 0 saturated heterocycles. The van der Waals surface area contributed by atoms with Gasteiger partial charge < -0.3 is 9.84 Å². The Balaban J connectivity index is 0.000000265. The molecular weight excluding hydrogens is 192 g/mol. The Hall–Kier alpha value is -1.77. The van der Waals surface area contributed by atoms with Crippen molar-refractivity contribution in [3.63, 3.8) is 0 Å². The van der Waals surface area contributed by atoms with Crippen LogP contribution in [0.5, 0.6) is 5.75 Å². The fourth-order valence-electron chi connectivity index (χ4n) is 0.802. The van der Waals surface area contributed by atoms with Crippen molar-refractivity contribution in [3.8, 4) is 5.75 Å². The Bertz CT molecular complexity index is 325. The lowest BCUT2D eigenvalue weighted by molar-refractivity contribution is -0.136. The second-order valence-corrected chi connectivity index (χ2v) is 3.11. The van der Waals surface area contributed by atoms with Gasteiger partial charge in [0.2, 0.25) is 0 Å². The summed E-state index contributed by atoms with van der Waals surface area (Å²) >= 11 is 0. The van der Waals surface area contributed by atoms with Crippen LogP contribution in [0.3, 0.4) is 0 Å². The second kappa shape index (κ2) is 6.65. The second-order valence-electron chi connectivity index (χ2n) is 3.11. The van der Waals surface area contributed by atoms with Gasteiger partial charge in [0.1, 0.15) is 5.75 Å². The van der Waals surface area contributed by atoms with Gasteiger partial charge in [-0.15, -0.1) is 0 Å². The average molecular weight is 208 g/mol. The number of carbonyl (C=O) groups excluding carboxylic acids is 1. The molecule has 0 fully saturated rings. The molecule has 0 radical (unpaired) electrons. The molecule has 0 unspecified atom stereocenters. The van der Waals surface area contributed by atoms with Gasteiger partial charge in [-0.25, -0.2) is 4.79 Å². The van der Waals surface area contributed by atoms with Gasteiger partial charge in [-0.2, -0.15) is 0 Å². The van der Waals surface area contributed by atoms with Crippen LogP contribution in [-0.4, -0.2) is 18.2 Å². The number of phenols is 1. The van der Waals surface area contributed by atoms with Gasteiger partial charge in [0.15, 0.2) is 0 Å². The lowest BCUT2D eigenvalue weighted by atomic mass is 10.2. The van der Waals surface area contributed by atoms with Crippen LogP contribution in [0.15, 0.2) is 36.4 Å². The number of aromatic hydroxyl groups is 1. The summed E-state index contributed by atoms with van der Waals surface area (Å²) in [5, 5.41) is 8.81. The SMILES string of the molecule is C=C(C)C(=O)OC.Cc1cccc(O)c1. The summed E-state index contributed by atoms with van der Waals surface area (Å²) < 4.78 is 4.27. The predicted octanol–water partition coefficient (Wildman–Crippen LogP) is 2.44. The van der Waals surface area contributed by atoms with Crippen molar-refractivity contribution in [2.24, 2.45) is 0 Å². The first-order chi connectivity index (χ1) is 6.97. The molecule has 0 heterocycles. The predicted molar refractivity (Wildman–Crippen MR) is 59.7 cm³/mol. The van der Waals surface area contributed by atoms with Crippen molar-refractivity contribution in [1.29, 1.82) is 0 Å². The molecule has 0 aliphatic rings. The van der Waals surface area contributed by atoms with Crippen LogP contribution in [0, 0.1) is 6.92 Å². The highest BCUT2D eigenvalue weighted by Gasteiger charge is 1.95. The quantitative estimate of drug-likeness (QED) is 0.569. The van der Waals surface area contributed by atoms with Crippen molar-refractivity contribution >= 4 is 5.97 Å². The fraction of sp³-hybridized carbons (Fsp3) is 0.250. The van der Waals surface area contributed by atoms with Gasteiger partial charge >= 0.3 is 5.97 Å². The highest BCUT2D eigenvalue weighted by atomic mass is 16.5. The molecule has 1 rings (SSSR count). The number of rotatable bonds is 1. The van der Waals surface area contributed by atoms with Gasteiger partial charge in [-0.1, -0.05) is 18.7 Å². The molecule has 0 bridgehead atoms. The van der Waals surface area contributed by atoms with Crippen LogP contribution in [0.2, 0.25) is 0 Å². The molecule has 3 nitrogen and oxygen atoms in total. The number of hydrogen-bond acceptors (Lipinski definition) is 3. The Morgan fingerprint density at radius 2 is 2.07 bits per heavy atom. The number of carbonyl (C=O) groups is 1. The summed E-state index contributed by atoms with van der Waals surface area (Å²) in [6.45, 7) is 6.90. The fourth-order valence-corrected chi connectivity index (χ4v) is 0.802. The van der Waals surface area contributed by atoms with E-state index in [2.05, 4.69) is 11.3 Å². The van der Waals surface area contributed by atoms with E-state index in [9.17, 15) is 4.79 Å². The summed E-state index contributed by atoms with van der Waals surface area (Å²) in [7, 11) is 1.33. The summed E-state index contributed by atoms with van der Waals surface area (Å²) in [6.07, 6.45) is 0. The third kappa shape index (κ3) is 6.32. The average Bonchev–Trinajstić information content (AvgIpc) is 2.17. The maximum atomic E-state index is 10.2. The smallest absolute Gasteiger partial charge is 0.332 e. The molecule has 0 atom stereocenters. The Morgan fingerprint density at radius 3 is 2.27 bits per heavy atom. The number of phenolic OH excluding ortho intramolecular Hbond substituents is 1. The first-order valence-electron chi connectivity index (χ1n) is 4.47. The molecule has 0 aliphatic heterocycles. The highest BCUT2D eigenvalue weighted by molar-refractivity contribution is 5.86. The third-order valence-corrected chi connectivity index (χ3v) is 1.54. The van der Waals surface area contributed by atoms with E-state index in [-0.39, 0.29) is 5.97 Å². The van der Waals surface area contributed by atoms with Gasteiger partial charge in [-0.3, -0.25) is 0 Å². The number of esters is 1. The van der Waals surface area contributed by atoms with Crippen LogP contribution in [-0.2, 0) is 9.53 Å². The van der Waals surface area contributed by atoms with E-state index in [1.54, 1.807) is 19.1 Å². The summed E-state index contributed by atoms with van der Waals surface area (Å²) in [4.78, 5) is 10.2. The standard InChI is InChI=1S/C7H8O.C5H8O2/c1-6-3-2-4-7(8)5-6;1-4(2)5(6)7-3/h2-5,8H,1H3;1H2,2-3H3. The van der Waals surface area contributed by atoms with Gasteiger partial charge in [0, 0.05) is 5.57 Å². The highest BCUT2D eigenvalue weighted by Crippen LogP contribution is 2.08. The van der Waals surface area contributed by atoms with E-state index in [0.717, 1.165) is 5.56 Å². The summed E-state index contributed by atoms with van der Waals surface area (Å²) in [5.41, 5.74) is 1.52. The number of ether oxygens (including phenoxy) is 1. The Morgan fingerprint density at radius 1 is 1.47 bits per heavy atom. The Kier molecular flexibility index (Phi) is 5.86. The van der Waals surface area contributed by atoms with Gasteiger partial charge in [0.05, 0.1) is 7.11 Å². The molecule has 0 aromatic heterocycles. The molecule has 0 spiro atoms. The van der Waals surface area contributed by atoms with E-state index < -0.39 is 0 Å². The Labute approximate surface area is 90.0 Å². The lowest BCUT2D eigenvalue weighted by Crippen LogP contribution is -1.98. The molecule has 82 valence electrons. The van der Waals surface area contributed by atoms with Crippen LogP contribution in [0.4, 0.5) is 0 Å². The first-order valence-corrected chi connectivity index (χ1v) is 4.47. The maximum absolute atomic E-state index is 10.2. The summed E-state index contributed by atoms with van der Waals surface area (Å²) in [5.74, 6) is -0.00926.